The number of hydrogen-bond acceptors (Lipinski definition) is 2. The van der Waals surface area contributed by atoms with Gasteiger partial charge in [0, 0.05) is 28.0 Å². The Morgan fingerprint density at radius 2 is 2.14 bits per heavy atom. The number of hydrogen-bond donors (Lipinski definition) is 0. The molecule has 4 rings (SSSR count). The van der Waals surface area contributed by atoms with E-state index in [1.807, 2.05) is 24.3 Å². The largest absolute Gasteiger partial charge is 0.303 e. The molecule has 3 heterocycles. The van der Waals surface area contributed by atoms with Crippen LogP contribution in [-0.2, 0) is 6.42 Å². The van der Waals surface area contributed by atoms with Crippen LogP contribution in [0, 0.1) is 6.92 Å². The van der Waals surface area contributed by atoms with Crippen LogP contribution in [0.3, 0.4) is 0 Å². The van der Waals surface area contributed by atoms with E-state index in [0.29, 0.717) is 0 Å². The van der Waals surface area contributed by atoms with Gasteiger partial charge >= 0.3 is 0 Å². The number of pyridine rings is 1. The standard InChI is InChI=1S/C17H13ClN2S/c1-11-15(20-7-3-2-4-17(20)19-11)8-12-10-21-16-6-5-13(18)9-14(12)16/h2-7,9-10H,8H2,1H3. The van der Waals surface area contributed by atoms with Crippen molar-refractivity contribution >= 4 is 38.7 Å². The summed E-state index contributed by atoms with van der Waals surface area (Å²) >= 11 is 7.91. The third kappa shape index (κ3) is 2.13. The van der Waals surface area contributed by atoms with Crippen molar-refractivity contribution in [1.82, 2.24) is 9.38 Å². The maximum Gasteiger partial charge on any atom is 0.137 e. The van der Waals surface area contributed by atoms with Crippen molar-refractivity contribution in [3.05, 3.63) is 69.9 Å². The smallest absolute Gasteiger partial charge is 0.137 e. The van der Waals surface area contributed by atoms with Gasteiger partial charge in [-0.1, -0.05) is 17.7 Å². The van der Waals surface area contributed by atoms with Gasteiger partial charge in [0.05, 0.1) is 5.69 Å². The summed E-state index contributed by atoms with van der Waals surface area (Å²) in [5.41, 5.74) is 4.64. The molecule has 1 aromatic carbocycles. The van der Waals surface area contributed by atoms with Gasteiger partial charge in [-0.3, -0.25) is 0 Å². The Morgan fingerprint density at radius 1 is 1.24 bits per heavy atom. The number of aryl methyl sites for hydroxylation is 1. The molecule has 0 aliphatic heterocycles. The lowest BCUT2D eigenvalue weighted by Crippen LogP contribution is -1.95. The van der Waals surface area contributed by atoms with Crippen LogP contribution in [0.1, 0.15) is 17.0 Å². The first-order valence-electron chi connectivity index (χ1n) is 6.80. The quantitative estimate of drug-likeness (QED) is 0.503. The van der Waals surface area contributed by atoms with E-state index in [4.69, 9.17) is 11.6 Å². The Hall–Kier alpha value is -1.84. The predicted molar refractivity (Wildman–Crippen MR) is 89.6 cm³/mol. The van der Waals surface area contributed by atoms with Gasteiger partial charge in [-0.2, -0.15) is 0 Å². The molecule has 0 spiro atoms. The van der Waals surface area contributed by atoms with Gasteiger partial charge in [0.15, 0.2) is 0 Å². The lowest BCUT2D eigenvalue weighted by atomic mass is 10.1. The first-order chi connectivity index (χ1) is 10.2. The number of nitrogens with zero attached hydrogens (tertiary/aromatic N) is 2. The topological polar surface area (TPSA) is 17.3 Å². The van der Waals surface area contributed by atoms with E-state index in [-0.39, 0.29) is 0 Å². The van der Waals surface area contributed by atoms with E-state index < -0.39 is 0 Å². The fourth-order valence-electron chi connectivity index (χ4n) is 2.75. The zero-order chi connectivity index (χ0) is 14.4. The highest BCUT2D eigenvalue weighted by atomic mass is 35.5. The first kappa shape index (κ1) is 12.9. The third-order valence-corrected chi connectivity index (χ3v) is 5.05. The van der Waals surface area contributed by atoms with Gasteiger partial charge in [-0.25, -0.2) is 4.98 Å². The Bertz CT molecular complexity index is 952. The minimum atomic E-state index is 0.789. The minimum Gasteiger partial charge on any atom is -0.303 e. The number of rotatable bonds is 2. The second-order valence-corrected chi connectivity index (χ2v) is 6.50. The molecule has 2 nitrogen and oxygen atoms in total. The summed E-state index contributed by atoms with van der Waals surface area (Å²) in [5, 5.41) is 4.26. The molecule has 0 unspecified atom stereocenters. The molecule has 21 heavy (non-hydrogen) atoms. The fraction of sp³-hybridized carbons (Fsp3) is 0.118. The highest BCUT2D eigenvalue weighted by molar-refractivity contribution is 7.17. The molecule has 4 heteroatoms. The molecule has 0 N–H and O–H groups in total. The molecule has 0 radical (unpaired) electrons. The lowest BCUT2D eigenvalue weighted by molar-refractivity contribution is 1.02. The predicted octanol–water partition coefficient (Wildman–Crippen LogP) is 5.10. The van der Waals surface area contributed by atoms with Crippen LogP contribution >= 0.6 is 22.9 Å². The van der Waals surface area contributed by atoms with E-state index in [1.165, 1.54) is 21.3 Å². The van der Waals surface area contributed by atoms with Gasteiger partial charge in [-0.05, 0) is 53.6 Å². The van der Waals surface area contributed by atoms with Gasteiger partial charge in [0.2, 0.25) is 0 Å². The van der Waals surface area contributed by atoms with Gasteiger partial charge in [-0.15, -0.1) is 11.3 Å². The van der Waals surface area contributed by atoms with Crippen LogP contribution in [0.4, 0.5) is 0 Å². The Balaban J connectivity index is 1.86. The molecule has 0 aliphatic carbocycles. The van der Waals surface area contributed by atoms with Crippen molar-refractivity contribution in [2.24, 2.45) is 0 Å². The van der Waals surface area contributed by atoms with Crippen molar-refractivity contribution in [3.63, 3.8) is 0 Å². The van der Waals surface area contributed by atoms with Crippen LogP contribution in [0.25, 0.3) is 15.7 Å². The van der Waals surface area contributed by atoms with E-state index in [9.17, 15) is 0 Å². The molecular formula is C17H13ClN2S. The van der Waals surface area contributed by atoms with Gasteiger partial charge in [0.1, 0.15) is 5.65 Å². The maximum atomic E-state index is 6.14. The fourth-order valence-corrected chi connectivity index (χ4v) is 3.86. The molecule has 0 saturated heterocycles. The van der Waals surface area contributed by atoms with Crippen molar-refractivity contribution in [3.8, 4) is 0 Å². The number of halogens is 1. The lowest BCUT2D eigenvalue weighted by Gasteiger charge is -2.03. The van der Waals surface area contributed by atoms with E-state index in [2.05, 4.69) is 40.0 Å². The SMILES string of the molecule is Cc1nc2ccccn2c1Cc1csc2ccc(Cl)cc12. The van der Waals surface area contributed by atoms with Crippen molar-refractivity contribution in [1.29, 1.82) is 0 Å². The molecule has 0 saturated carbocycles. The molecule has 0 amide bonds. The third-order valence-electron chi connectivity index (χ3n) is 3.80. The average Bonchev–Trinajstić information content (AvgIpc) is 3.01. The molecule has 4 aromatic rings. The number of thiophene rings is 1. The molecule has 104 valence electrons. The van der Waals surface area contributed by atoms with Crippen LogP contribution in [-0.4, -0.2) is 9.38 Å². The summed E-state index contributed by atoms with van der Waals surface area (Å²) in [6, 6.07) is 12.2. The number of fused-ring (bicyclic) bond motifs is 2. The molecule has 0 bridgehead atoms. The van der Waals surface area contributed by atoms with Crippen LogP contribution in [0.2, 0.25) is 5.02 Å². The van der Waals surface area contributed by atoms with E-state index in [0.717, 1.165) is 22.8 Å². The van der Waals surface area contributed by atoms with E-state index in [1.54, 1.807) is 11.3 Å². The van der Waals surface area contributed by atoms with Gasteiger partial charge in [0.25, 0.3) is 0 Å². The van der Waals surface area contributed by atoms with Crippen molar-refractivity contribution in [2.75, 3.05) is 0 Å². The monoisotopic (exact) mass is 312 g/mol. The average molecular weight is 313 g/mol. The van der Waals surface area contributed by atoms with Crippen molar-refractivity contribution < 1.29 is 0 Å². The summed E-state index contributed by atoms with van der Waals surface area (Å²) in [4.78, 5) is 4.63. The molecule has 3 aromatic heterocycles. The summed E-state index contributed by atoms with van der Waals surface area (Å²) in [6.07, 6.45) is 2.95. The second kappa shape index (κ2) is 4.86. The molecule has 0 atom stereocenters. The Morgan fingerprint density at radius 3 is 3.05 bits per heavy atom. The van der Waals surface area contributed by atoms with Gasteiger partial charge < -0.3 is 4.40 Å². The number of aromatic nitrogens is 2. The van der Waals surface area contributed by atoms with Crippen LogP contribution in [0.15, 0.2) is 48.0 Å². The molecule has 0 aliphatic rings. The first-order valence-corrected chi connectivity index (χ1v) is 8.06. The summed E-state index contributed by atoms with van der Waals surface area (Å²) in [7, 11) is 0. The number of benzene rings is 1. The zero-order valence-corrected chi connectivity index (χ0v) is 13.1. The maximum absolute atomic E-state index is 6.14. The molecule has 0 fully saturated rings. The van der Waals surface area contributed by atoms with Crippen LogP contribution < -0.4 is 0 Å². The molecular weight excluding hydrogens is 300 g/mol. The van der Waals surface area contributed by atoms with E-state index >= 15 is 0 Å². The second-order valence-electron chi connectivity index (χ2n) is 5.15. The van der Waals surface area contributed by atoms with Crippen molar-refractivity contribution in [2.45, 2.75) is 13.3 Å². The Labute approximate surface area is 131 Å². The highest BCUT2D eigenvalue weighted by Gasteiger charge is 2.12. The summed E-state index contributed by atoms with van der Waals surface area (Å²) < 4.78 is 3.45. The van der Waals surface area contributed by atoms with Crippen LogP contribution in [0.5, 0.6) is 0 Å². The summed E-state index contributed by atoms with van der Waals surface area (Å²) in [5.74, 6) is 0. The Kier molecular flexibility index (Phi) is 2.98. The normalized spacial score (nSPS) is 11.5. The highest BCUT2D eigenvalue weighted by Crippen LogP contribution is 2.30. The number of imidazole rings is 1. The minimum absolute atomic E-state index is 0.789. The summed E-state index contributed by atoms with van der Waals surface area (Å²) in [6.45, 7) is 2.07. The zero-order valence-electron chi connectivity index (χ0n) is 11.5.